The molecule has 1 aliphatic carbocycles. The van der Waals surface area contributed by atoms with Gasteiger partial charge in [0, 0.05) is 37.8 Å². The van der Waals surface area contributed by atoms with Crippen molar-refractivity contribution in [1.29, 1.82) is 0 Å². The van der Waals surface area contributed by atoms with Crippen molar-refractivity contribution in [2.75, 3.05) is 43.4 Å². The minimum absolute atomic E-state index is 0.364. The minimum atomic E-state index is -0.910. The Morgan fingerprint density at radius 3 is 2.58 bits per heavy atom. The Hall–Kier alpha value is -3.07. The minimum Gasteiger partial charge on any atom is -0.364 e. The van der Waals surface area contributed by atoms with Crippen LogP contribution in [0.1, 0.15) is 19.3 Å². The molecular formula is C22H23F2N7. The van der Waals surface area contributed by atoms with Crippen molar-refractivity contribution in [3.8, 4) is 0 Å². The molecule has 1 aliphatic heterocycles. The van der Waals surface area contributed by atoms with Crippen LogP contribution in [0.25, 0.3) is 27.8 Å². The lowest BCUT2D eigenvalue weighted by Gasteiger charge is -2.22. The number of aromatic nitrogens is 4. The van der Waals surface area contributed by atoms with Gasteiger partial charge in [-0.15, -0.1) is 0 Å². The number of fused-ring (bicyclic) bond motifs is 5. The number of anilines is 2. The van der Waals surface area contributed by atoms with Gasteiger partial charge < -0.3 is 15.1 Å². The summed E-state index contributed by atoms with van der Waals surface area (Å²) >= 11 is 0. The second-order valence-corrected chi connectivity index (χ2v) is 8.56. The second kappa shape index (κ2) is 6.98. The van der Waals surface area contributed by atoms with Gasteiger partial charge in [-0.05, 0) is 45.0 Å². The molecule has 2 aliphatic rings. The quantitative estimate of drug-likeness (QED) is 0.545. The SMILES string of the molecule is CN1CCCN(c2ccc3nc(NC4CC4)c4nc5cc(F)c(F)cc5n4c3n2)CC1. The summed E-state index contributed by atoms with van der Waals surface area (Å²) in [7, 11) is 2.13. The van der Waals surface area contributed by atoms with Gasteiger partial charge in [0.1, 0.15) is 11.3 Å². The molecular weight excluding hydrogens is 400 g/mol. The summed E-state index contributed by atoms with van der Waals surface area (Å²) in [5.41, 5.74) is 2.70. The van der Waals surface area contributed by atoms with Gasteiger partial charge in [0.15, 0.2) is 28.7 Å². The summed E-state index contributed by atoms with van der Waals surface area (Å²) in [6.45, 7) is 3.84. The standard InChI is InChI=1S/C22H23F2N7/c1-29-7-2-8-30(10-9-29)19-6-5-16-21(28-19)31-18-12-15(24)14(23)11-17(18)27-22(31)20(26-16)25-13-3-4-13/h5-6,11-13H,2-4,7-10H2,1H3,(H,25,26). The second-order valence-electron chi connectivity index (χ2n) is 8.56. The summed E-state index contributed by atoms with van der Waals surface area (Å²) < 4.78 is 29.9. The van der Waals surface area contributed by atoms with Crippen molar-refractivity contribution in [2.45, 2.75) is 25.3 Å². The Balaban J connectivity index is 1.58. The van der Waals surface area contributed by atoms with Crippen molar-refractivity contribution in [3.63, 3.8) is 0 Å². The fraction of sp³-hybridized carbons (Fsp3) is 0.409. The van der Waals surface area contributed by atoms with E-state index in [2.05, 4.69) is 27.1 Å². The summed E-state index contributed by atoms with van der Waals surface area (Å²) in [6.07, 6.45) is 3.22. The third-order valence-electron chi connectivity index (χ3n) is 6.15. The topological polar surface area (TPSA) is 61.6 Å². The van der Waals surface area contributed by atoms with Crippen LogP contribution >= 0.6 is 0 Å². The first-order chi connectivity index (χ1) is 15.1. The lowest BCUT2D eigenvalue weighted by molar-refractivity contribution is 0.360. The molecule has 1 saturated carbocycles. The van der Waals surface area contributed by atoms with Crippen LogP contribution in [0.5, 0.6) is 0 Å². The number of benzene rings is 1. The maximum Gasteiger partial charge on any atom is 0.182 e. The molecule has 0 atom stereocenters. The Bertz CT molecular complexity index is 1310. The third kappa shape index (κ3) is 3.23. The van der Waals surface area contributed by atoms with Gasteiger partial charge in [-0.1, -0.05) is 0 Å². The molecule has 4 heterocycles. The van der Waals surface area contributed by atoms with Crippen LogP contribution in [-0.2, 0) is 0 Å². The molecule has 0 bridgehead atoms. The molecule has 6 rings (SSSR count). The Labute approximate surface area is 177 Å². The van der Waals surface area contributed by atoms with E-state index in [0.29, 0.717) is 39.7 Å². The van der Waals surface area contributed by atoms with Crippen molar-refractivity contribution in [1.82, 2.24) is 24.3 Å². The molecule has 1 saturated heterocycles. The predicted octanol–water partition coefficient (Wildman–Crippen LogP) is 3.43. The molecule has 2 fully saturated rings. The lowest BCUT2D eigenvalue weighted by atomic mass is 10.3. The van der Waals surface area contributed by atoms with Crippen LogP contribution in [0.3, 0.4) is 0 Å². The molecule has 1 N–H and O–H groups in total. The summed E-state index contributed by atoms with van der Waals surface area (Å²) in [4.78, 5) is 18.9. The average molecular weight is 423 g/mol. The number of imidazole rings is 1. The van der Waals surface area contributed by atoms with E-state index in [1.54, 1.807) is 4.40 Å². The molecule has 4 aromatic rings. The molecule has 1 aromatic carbocycles. The number of nitrogens with zero attached hydrogens (tertiary/aromatic N) is 6. The van der Waals surface area contributed by atoms with E-state index in [9.17, 15) is 8.78 Å². The molecule has 0 unspecified atom stereocenters. The van der Waals surface area contributed by atoms with E-state index in [4.69, 9.17) is 9.97 Å². The van der Waals surface area contributed by atoms with Crippen LogP contribution in [0.2, 0.25) is 0 Å². The van der Waals surface area contributed by atoms with Crippen LogP contribution in [0, 0.1) is 11.6 Å². The normalized spacial score (nSPS) is 18.2. The first-order valence-electron chi connectivity index (χ1n) is 10.7. The van der Waals surface area contributed by atoms with E-state index < -0.39 is 11.6 Å². The maximum absolute atomic E-state index is 14.1. The molecule has 31 heavy (non-hydrogen) atoms. The van der Waals surface area contributed by atoms with Crippen LogP contribution < -0.4 is 10.2 Å². The number of pyridine rings is 1. The smallest absolute Gasteiger partial charge is 0.182 e. The first-order valence-corrected chi connectivity index (χ1v) is 10.7. The number of likely N-dealkylation sites (N-methyl/N-ethyl adjacent to an activating group) is 1. The Morgan fingerprint density at radius 2 is 1.74 bits per heavy atom. The van der Waals surface area contributed by atoms with Gasteiger partial charge in [0.05, 0.1) is 11.0 Å². The molecule has 7 nitrogen and oxygen atoms in total. The van der Waals surface area contributed by atoms with Crippen LogP contribution in [0.4, 0.5) is 20.4 Å². The molecule has 3 aromatic heterocycles. The number of halogens is 2. The number of rotatable bonds is 3. The molecule has 0 amide bonds. The van der Waals surface area contributed by atoms with Crippen LogP contribution in [0.15, 0.2) is 24.3 Å². The van der Waals surface area contributed by atoms with E-state index >= 15 is 0 Å². The maximum atomic E-state index is 14.1. The molecule has 0 radical (unpaired) electrons. The zero-order valence-corrected chi connectivity index (χ0v) is 17.3. The van der Waals surface area contributed by atoms with Crippen LogP contribution in [-0.4, -0.2) is 63.5 Å². The zero-order chi connectivity index (χ0) is 21.1. The van der Waals surface area contributed by atoms with E-state index in [-0.39, 0.29) is 0 Å². The fourth-order valence-electron chi connectivity index (χ4n) is 4.27. The summed E-state index contributed by atoms with van der Waals surface area (Å²) in [5, 5.41) is 3.41. The zero-order valence-electron chi connectivity index (χ0n) is 17.3. The van der Waals surface area contributed by atoms with Gasteiger partial charge in [0.25, 0.3) is 0 Å². The molecule has 0 spiro atoms. The average Bonchev–Trinajstić information content (AvgIpc) is 3.53. The Morgan fingerprint density at radius 1 is 0.903 bits per heavy atom. The summed E-state index contributed by atoms with van der Waals surface area (Å²) in [6, 6.07) is 6.64. The highest BCUT2D eigenvalue weighted by Gasteiger charge is 2.25. The van der Waals surface area contributed by atoms with Gasteiger partial charge in [-0.2, -0.15) is 0 Å². The van der Waals surface area contributed by atoms with E-state index in [0.717, 1.165) is 57.3 Å². The molecule has 9 heteroatoms. The van der Waals surface area contributed by atoms with E-state index in [1.165, 1.54) is 6.07 Å². The highest BCUT2D eigenvalue weighted by Crippen LogP contribution is 2.31. The number of hydrogen-bond donors (Lipinski definition) is 1. The highest BCUT2D eigenvalue weighted by atomic mass is 19.2. The fourth-order valence-corrected chi connectivity index (χ4v) is 4.27. The third-order valence-corrected chi connectivity index (χ3v) is 6.15. The number of hydrogen-bond acceptors (Lipinski definition) is 6. The lowest BCUT2D eigenvalue weighted by Crippen LogP contribution is -2.29. The predicted molar refractivity (Wildman–Crippen MR) is 117 cm³/mol. The largest absolute Gasteiger partial charge is 0.364 e. The van der Waals surface area contributed by atoms with Crippen molar-refractivity contribution in [3.05, 3.63) is 35.9 Å². The van der Waals surface area contributed by atoms with Gasteiger partial charge in [0.2, 0.25) is 0 Å². The number of nitrogens with one attached hydrogen (secondary N) is 1. The van der Waals surface area contributed by atoms with Crippen molar-refractivity contribution < 1.29 is 8.78 Å². The van der Waals surface area contributed by atoms with Gasteiger partial charge in [-0.3, -0.25) is 4.40 Å². The van der Waals surface area contributed by atoms with Crippen molar-refractivity contribution >= 4 is 39.5 Å². The van der Waals surface area contributed by atoms with Crippen molar-refractivity contribution in [2.24, 2.45) is 0 Å². The van der Waals surface area contributed by atoms with Gasteiger partial charge in [-0.25, -0.2) is 23.7 Å². The Kier molecular flexibility index (Phi) is 4.21. The first kappa shape index (κ1) is 18.7. The molecule has 160 valence electrons. The highest BCUT2D eigenvalue weighted by molar-refractivity contribution is 5.91. The monoisotopic (exact) mass is 423 g/mol. The van der Waals surface area contributed by atoms with E-state index in [1.807, 2.05) is 12.1 Å². The summed E-state index contributed by atoms with van der Waals surface area (Å²) in [5.74, 6) is -0.328. The van der Waals surface area contributed by atoms with Gasteiger partial charge >= 0.3 is 0 Å².